The van der Waals surface area contributed by atoms with Crippen LogP contribution in [0.2, 0.25) is 5.02 Å². The first-order valence-electron chi connectivity index (χ1n) is 6.94. The summed E-state index contributed by atoms with van der Waals surface area (Å²) in [5.74, 6) is 2.49. The standard InChI is InChI=1S/C18H19ClO4/c1-20-14-8-7-13(15(19)11-14)6-5-12-9-16(21-2)18(23-4)17(10-12)22-3/h5-11H,1-4H3/b6-5+. The molecule has 0 bridgehead atoms. The van der Waals surface area contributed by atoms with Crippen molar-refractivity contribution in [2.45, 2.75) is 0 Å². The number of hydrogen-bond acceptors (Lipinski definition) is 4. The molecule has 0 amide bonds. The molecule has 23 heavy (non-hydrogen) atoms. The van der Waals surface area contributed by atoms with Crippen LogP contribution in [-0.4, -0.2) is 28.4 Å². The maximum atomic E-state index is 6.24. The van der Waals surface area contributed by atoms with Crippen molar-refractivity contribution in [3.05, 3.63) is 46.5 Å². The lowest BCUT2D eigenvalue weighted by atomic mass is 10.1. The van der Waals surface area contributed by atoms with Crippen LogP contribution in [-0.2, 0) is 0 Å². The average molecular weight is 335 g/mol. The summed E-state index contributed by atoms with van der Waals surface area (Å²) in [7, 11) is 6.36. The summed E-state index contributed by atoms with van der Waals surface area (Å²) in [6, 6.07) is 9.28. The van der Waals surface area contributed by atoms with Gasteiger partial charge < -0.3 is 18.9 Å². The molecule has 5 heteroatoms. The summed E-state index contributed by atoms with van der Waals surface area (Å²) in [5.41, 5.74) is 1.80. The Kier molecular flexibility index (Phi) is 5.77. The molecule has 2 rings (SSSR count). The SMILES string of the molecule is COc1ccc(/C=C/c2cc(OC)c(OC)c(OC)c2)c(Cl)c1. The number of ether oxygens (including phenoxy) is 4. The van der Waals surface area contributed by atoms with Crippen LogP contribution in [0.4, 0.5) is 0 Å². The third-order valence-corrected chi connectivity index (χ3v) is 3.68. The van der Waals surface area contributed by atoms with Crippen molar-refractivity contribution < 1.29 is 18.9 Å². The van der Waals surface area contributed by atoms with Crippen molar-refractivity contribution in [1.82, 2.24) is 0 Å². The summed E-state index contributed by atoms with van der Waals surface area (Å²) in [6.07, 6.45) is 3.85. The van der Waals surface area contributed by atoms with Crippen molar-refractivity contribution in [2.24, 2.45) is 0 Å². The fraction of sp³-hybridized carbons (Fsp3) is 0.222. The summed E-state index contributed by atoms with van der Waals surface area (Å²) < 4.78 is 21.1. The zero-order chi connectivity index (χ0) is 16.8. The van der Waals surface area contributed by atoms with Crippen molar-refractivity contribution in [3.63, 3.8) is 0 Å². The van der Waals surface area contributed by atoms with Crippen LogP contribution in [0.3, 0.4) is 0 Å². The first-order valence-corrected chi connectivity index (χ1v) is 7.32. The van der Waals surface area contributed by atoms with Crippen LogP contribution in [0.5, 0.6) is 23.0 Å². The van der Waals surface area contributed by atoms with E-state index in [2.05, 4.69) is 0 Å². The van der Waals surface area contributed by atoms with Gasteiger partial charge >= 0.3 is 0 Å². The number of hydrogen-bond donors (Lipinski definition) is 0. The molecule has 0 atom stereocenters. The maximum absolute atomic E-state index is 6.24. The number of methoxy groups -OCH3 is 4. The molecule has 2 aromatic carbocycles. The van der Waals surface area contributed by atoms with E-state index in [1.807, 2.05) is 36.4 Å². The molecular weight excluding hydrogens is 316 g/mol. The highest BCUT2D eigenvalue weighted by Gasteiger charge is 2.12. The topological polar surface area (TPSA) is 36.9 Å². The molecule has 2 aromatic rings. The molecule has 0 unspecified atom stereocenters. The Hall–Kier alpha value is -2.33. The zero-order valence-corrected chi connectivity index (χ0v) is 14.3. The molecule has 122 valence electrons. The van der Waals surface area contributed by atoms with E-state index in [0.29, 0.717) is 22.3 Å². The number of halogens is 1. The predicted octanol–water partition coefficient (Wildman–Crippen LogP) is 4.54. The lowest BCUT2D eigenvalue weighted by Gasteiger charge is -2.12. The molecule has 0 aliphatic rings. The molecular formula is C18H19ClO4. The van der Waals surface area contributed by atoms with Crippen LogP contribution in [0.25, 0.3) is 12.2 Å². The highest BCUT2D eigenvalue weighted by Crippen LogP contribution is 2.38. The van der Waals surface area contributed by atoms with E-state index < -0.39 is 0 Å². The first kappa shape index (κ1) is 17.0. The Morgan fingerprint density at radius 3 is 1.91 bits per heavy atom. The summed E-state index contributed by atoms with van der Waals surface area (Å²) in [4.78, 5) is 0. The van der Waals surface area contributed by atoms with E-state index in [0.717, 1.165) is 16.9 Å². The van der Waals surface area contributed by atoms with E-state index in [1.54, 1.807) is 34.5 Å². The third-order valence-electron chi connectivity index (χ3n) is 3.35. The fourth-order valence-electron chi connectivity index (χ4n) is 2.15. The van der Waals surface area contributed by atoms with E-state index in [-0.39, 0.29) is 0 Å². The van der Waals surface area contributed by atoms with Crippen LogP contribution in [0, 0.1) is 0 Å². The van der Waals surface area contributed by atoms with Gasteiger partial charge in [0.15, 0.2) is 11.5 Å². The molecule has 0 N–H and O–H groups in total. The van der Waals surface area contributed by atoms with Gasteiger partial charge in [0.05, 0.1) is 33.5 Å². The van der Waals surface area contributed by atoms with Gasteiger partial charge in [-0.25, -0.2) is 0 Å². The second-order valence-corrected chi connectivity index (χ2v) is 5.09. The van der Waals surface area contributed by atoms with E-state index in [4.69, 9.17) is 30.5 Å². The molecule has 0 radical (unpaired) electrons. The van der Waals surface area contributed by atoms with Crippen LogP contribution in [0.15, 0.2) is 30.3 Å². The molecule has 4 nitrogen and oxygen atoms in total. The Balaban J connectivity index is 2.36. The third kappa shape index (κ3) is 3.90. The second kappa shape index (κ2) is 7.79. The summed E-state index contributed by atoms with van der Waals surface area (Å²) in [6.45, 7) is 0. The van der Waals surface area contributed by atoms with Crippen molar-refractivity contribution >= 4 is 23.8 Å². The molecule has 0 saturated heterocycles. The first-order chi connectivity index (χ1) is 11.1. The second-order valence-electron chi connectivity index (χ2n) is 4.68. The molecule has 0 spiro atoms. The molecule has 0 fully saturated rings. The molecule has 0 heterocycles. The Morgan fingerprint density at radius 1 is 0.783 bits per heavy atom. The minimum Gasteiger partial charge on any atom is -0.497 e. The van der Waals surface area contributed by atoms with Gasteiger partial charge in [0, 0.05) is 0 Å². The average Bonchev–Trinajstić information content (AvgIpc) is 2.59. The largest absolute Gasteiger partial charge is 0.497 e. The van der Waals surface area contributed by atoms with Gasteiger partial charge in [-0.15, -0.1) is 0 Å². The normalized spacial score (nSPS) is 10.7. The van der Waals surface area contributed by atoms with Gasteiger partial charge in [-0.2, -0.15) is 0 Å². The van der Waals surface area contributed by atoms with E-state index in [1.165, 1.54) is 0 Å². The predicted molar refractivity (Wildman–Crippen MR) is 93.0 cm³/mol. The number of benzene rings is 2. The Morgan fingerprint density at radius 2 is 1.43 bits per heavy atom. The zero-order valence-electron chi connectivity index (χ0n) is 13.6. The summed E-state index contributed by atoms with van der Waals surface area (Å²) in [5, 5.41) is 0.619. The van der Waals surface area contributed by atoms with Gasteiger partial charge in [0.1, 0.15) is 5.75 Å². The van der Waals surface area contributed by atoms with Gasteiger partial charge in [-0.3, -0.25) is 0 Å². The van der Waals surface area contributed by atoms with Crippen molar-refractivity contribution in [1.29, 1.82) is 0 Å². The van der Waals surface area contributed by atoms with Crippen molar-refractivity contribution in [2.75, 3.05) is 28.4 Å². The van der Waals surface area contributed by atoms with Gasteiger partial charge in [0.2, 0.25) is 5.75 Å². The molecule has 0 saturated carbocycles. The Labute approximate surface area is 141 Å². The number of rotatable bonds is 6. The molecule has 0 aromatic heterocycles. The highest BCUT2D eigenvalue weighted by molar-refractivity contribution is 6.32. The minimum absolute atomic E-state index is 0.564. The lowest BCUT2D eigenvalue weighted by Crippen LogP contribution is -1.95. The van der Waals surface area contributed by atoms with Gasteiger partial charge in [-0.1, -0.05) is 23.8 Å². The quantitative estimate of drug-likeness (QED) is 0.726. The fourth-order valence-corrected chi connectivity index (χ4v) is 2.39. The lowest BCUT2D eigenvalue weighted by molar-refractivity contribution is 0.324. The van der Waals surface area contributed by atoms with E-state index >= 15 is 0 Å². The van der Waals surface area contributed by atoms with Gasteiger partial charge in [0.25, 0.3) is 0 Å². The molecule has 0 aliphatic heterocycles. The van der Waals surface area contributed by atoms with Crippen LogP contribution >= 0.6 is 11.6 Å². The summed E-state index contributed by atoms with van der Waals surface area (Å²) >= 11 is 6.24. The smallest absolute Gasteiger partial charge is 0.203 e. The highest BCUT2D eigenvalue weighted by atomic mass is 35.5. The van der Waals surface area contributed by atoms with Crippen molar-refractivity contribution in [3.8, 4) is 23.0 Å². The van der Waals surface area contributed by atoms with E-state index in [9.17, 15) is 0 Å². The maximum Gasteiger partial charge on any atom is 0.203 e. The van der Waals surface area contributed by atoms with Gasteiger partial charge in [-0.05, 0) is 41.5 Å². The van der Waals surface area contributed by atoms with Crippen LogP contribution in [0.1, 0.15) is 11.1 Å². The minimum atomic E-state index is 0.564. The Bertz CT molecular complexity index is 685. The molecule has 0 aliphatic carbocycles. The monoisotopic (exact) mass is 334 g/mol. The van der Waals surface area contributed by atoms with Crippen LogP contribution < -0.4 is 18.9 Å².